The zero-order valence-electron chi connectivity index (χ0n) is 10.2. The molecule has 0 aromatic heterocycles. The molecule has 0 aliphatic heterocycles. The molecule has 0 saturated heterocycles. The Morgan fingerprint density at radius 2 is 1.71 bits per heavy atom. The van der Waals surface area contributed by atoms with Crippen molar-refractivity contribution < 1.29 is 29.5 Å². The number of carbonyl (C=O) groups excluding carboxylic acids is 2. The Morgan fingerprint density at radius 1 is 1.24 bits per heavy atom. The van der Waals surface area contributed by atoms with Gasteiger partial charge in [-0.25, -0.2) is 4.79 Å². The minimum atomic E-state index is -2.07. The smallest absolute Gasteiger partial charge is 0.351 e. The first-order valence-corrected chi connectivity index (χ1v) is 4.95. The normalized spacial score (nSPS) is 8.47. The third kappa shape index (κ3) is 20.3. The van der Waals surface area contributed by atoms with Gasteiger partial charge in [-0.1, -0.05) is 5.92 Å². The standard InChI is InChI=1S/C9H15NO.C2H2O4/c1-9(11)7-5-4-6-8-10(2)3;3-1(4)2(5)6/h5,7-8H2,1-3H3;(H,3,4)(H,5,6). The van der Waals surface area contributed by atoms with Gasteiger partial charge in [-0.05, 0) is 12.8 Å². The van der Waals surface area contributed by atoms with Crippen molar-refractivity contribution in [3.8, 4) is 11.8 Å². The number of ketones is 1. The number of carboxylic acid groups (broad SMARTS) is 2. The third-order valence-electron chi connectivity index (χ3n) is 1.34. The molecule has 6 heteroatoms. The van der Waals surface area contributed by atoms with Gasteiger partial charge < -0.3 is 19.9 Å². The first-order valence-electron chi connectivity index (χ1n) is 4.95. The fourth-order valence-corrected chi connectivity index (χ4v) is 0.566. The number of hydrogen-bond acceptors (Lipinski definition) is 4. The molecule has 0 fully saturated rings. The SMILES string of the molecule is CC(=O)CCC#CC[NH+](C)C.O=C([O-])C(=O)O. The van der Waals surface area contributed by atoms with Gasteiger partial charge in [0.25, 0.3) is 0 Å². The quantitative estimate of drug-likeness (QED) is 0.416. The molecule has 0 unspecified atom stereocenters. The van der Waals surface area contributed by atoms with Crippen LogP contribution in [0.4, 0.5) is 0 Å². The monoisotopic (exact) mass is 243 g/mol. The first kappa shape index (κ1) is 17.5. The van der Waals surface area contributed by atoms with Crippen molar-refractivity contribution in [2.75, 3.05) is 20.6 Å². The first-order chi connectivity index (χ1) is 7.77. The van der Waals surface area contributed by atoms with Crippen LogP contribution in [0.3, 0.4) is 0 Å². The van der Waals surface area contributed by atoms with Gasteiger partial charge in [0, 0.05) is 12.8 Å². The van der Waals surface area contributed by atoms with E-state index in [0.717, 1.165) is 6.54 Å². The number of rotatable bonds is 3. The fraction of sp³-hybridized carbons (Fsp3) is 0.545. The number of aliphatic carboxylic acids is 2. The minimum absolute atomic E-state index is 0.219. The van der Waals surface area contributed by atoms with Crippen LogP contribution in [0.2, 0.25) is 0 Å². The highest BCUT2D eigenvalue weighted by Gasteiger charge is 1.90. The maximum atomic E-state index is 10.5. The molecule has 0 bridgehead atoms. The van der Waals surface area contributed by atoms with Gasteiger partial charge in [0.05, 0.1) is 14.1 Å². The second-order valence-corrected chi connectivity index (χ2v) is 3.53. The van der Waals surface area contributed by atoms with Crippen molar-refractivity contribution in [2.24, 2.45) is 0 Å². The summed E-state index contributed by atoms with van der Waals surface area (Å²) in [5.74, 6) is 2.17. The van der Waals surface area contributed by atoms with Crippen LogP contribution in [0.5, 0.6) is 0 Å². The molecule has 0 aromatic rings. The van der Waals surface area contributed by atoms with Crippen molar-refractivity contribution in [1.29, 1.82) is 0 Å². The molecule has 96 valence electrons. The summed E-state index contributed by atoms with van der Waals surface area (Å²) >= 11 is 0. The molecule has 0 aliphatic carbocycles. The third-order valence-corrected chi connectivity index (χ3v) is 1.34. The number of Topliss-reactive ketones (excluding diaryl/α,β-unsaturated/α-hetero) is 1. The summed E-state index contributed by atoms with van der Waals surface area (Å²) in [7, 11) is 4.11. The zero-order valence-corrected chi connectivity index (χ0v) is 10.2. The van der Waals surface area contributed by atoms with Crippen LogP contribution in [-0.2, 0) is 14.4 Å². The van der Waals surface area contributed by atoms with E-state index in [2.05, 4.69) is 25.9 Å². The Hall–Kier alpha value is -1.87. The van der Waals surface area contributed by atoms with Crippen LogP contribution in [0.15, 0.2) is 0 Å². The number of quaternary nitrogens is 1. The lowest BCUT2D eigenvalue weighted by molar-refractivity contribution is -0.850. The van der Waals surface area contributed by atoms with Crippen LogP contribution in [0.25, 0.3) is 0 Å². The summed E-state index contributed by atoms with van der Waals surface area (Å²) in [6.45, 7) is 2.46. The van der Waals surface area contributed by atoms with E-state index in [1.807, 2.05) is 0 Å². The summed E-state index contributed by atoms with van der Waals surface area (Å²) in [6.07, 6.45) is 1.30. The molecule has 0 atom stereocenters. The van der Waals surface area contributed by atoms with E-state index >= 15 is 0 Å². The second kappa shape index (κ2) is 10.6. The Bertz CT molecular complexity index is 312. The van der Waals surface area contributed by atoms with Crippen LogP contribution in [0.1, 0.15) is 19.8 Å². The van der Waals surface area contributed by atoms with Crippen molar-refractivity contribution >= 4 is 17.7 Å². The highest BCUT2D eigenvalue weighted by molar-refractivity contribution is 6.26. The molecule has 0 amide bonds. The molecule has 0 aromatic carbocycles. The molecule has 0 saturated carbocycles. The van der Waals surface area contributed by atoms with Gasteiger partial charge >= 0.3 is 5.97 Å². The average Bonchev–Trinajstić information content (AvgIpc) is 2.17. The van der Waals surface area contributed by atoms with Gasteiger partial charge in [0.2, 0.25) is 0 Å². The number of hydrogen-bond donors (Lipinski definition) is 2. The largest absolute Gasteiger partial charge is 0.539 e. The van der Waals surface area contributed by atoms with Crippen LogP contribution in [0, 0.1) is 11.8 Å². The van der Waals surface area contributed by atoms with Crippen molar-refractivity contribution in [1.82, 2.24) is 0 Å². The number of carbonyl (C=O) groups is 3. The molecular weight excluding hydrogens is 226 g/mol. The van der Waals surface area contributed by atoms with Gasteiger partial charge in [-0.15, -0.1) is 0 Å². The molecule has 0 aliphatic rings. The summed E-state index contributed by atoms with van der Waals surface area (Å²) < 4.78 is 0. The van der Waals surface area contributed by atoms with Gasteiger partial charge in [0.15, 0.2) is 5.97 Å². The lowest BCUT2D eigenvalue weighted by Gasteiger charge is -1.98. The predicted molar refractivity (Wildman–Crippen MR) is 58.0 cm³/mol. The highest BCUT2D eigenvalue weighted by Crippen LogP contribution is 1.85. The molecular formula is C11H17NO5. The summed E-state index contributed by atoms with van der Waals surface area (Å²) in [4.78, 5) is 29.8. The number of nitrogens with one attached hydrogen (secondary N) is 1. The van der Waals surface area contributed by atoms with E-state index in [-0.39, 0.29) is 5.78 Å². The lowest BCUT2D eigenvalue weighted by atomic mass is 10.2. The van der Waals surface area contributed by atoms with E-state index in [4.69, 9.17) is 19.8 Å². The zero-order chi connectivity index (χ0) is 13.8. The molecule has 0 heterocycles. The van der Waals surface area contributed by atoms with E-state index in [1.54, 1.807) is 6.92 Å². The highest BCUT2D eigenvalue weighted by atomic mass is 16.4. The van der Waals surface area contributed by atoms with Crippen molar-refractivity contribution in [3.63, 3.8) is 0 Å². The summed E-state index contributed by atoms with van der Waals surface area (Å²) in [5.41, 5.74) is 0. The van der Waals surface area contributed by atoms with E-state index < -0.39 is 11.9 Å². The maximum absolute atomic E-state index is 10.5. The van der Waals surface area contributed by atoms with Crippen LogP contribution in [-0.4, -0.2) is 43.5 Å². The molecule has 0 rings (SSSR count). The fourth-order valence-electron chi connectivity index (χ4n) is 0.566. The van der Waals surface area contributed by atoms with Crippen LogP contribution < -0.4 is 10.0 Å². The van der Waals surface area contributed by atoms with Crippen molar-refractivity contribution in [3.05, 3.63) is 0 Å². The van der Waals surface area contributed by atoms with Crippen LogP contribution >= 0.6 is 0 Å². The maximum Gasteiger partial charge on any atom is 0.351 e. The Morgan fingerprint density at radius 3 is 2.00 bits per heavy atom. The van der Waals surface area contributed by atoms with Gasteiger partial charge in [-0.2, -0.15) is 0 Å². The van der Waals surface area contributed by atoms with Gasteiger partial charge in [-0.3, -0.25) is 4.79 Å². The minimum Gasteiger partial charge on any atom is -0.539 e. The predicted octanol–water partition coefficient (Wildman–Crippen LogP) is -2.68. The van der Waals surface area contributed by atoms with E-state index in [0.29, 0.717) is 12.8 Å². The molecule has 2 N–H and O–H groups in total. The molecule has 0 spiro atoms. The Kier molecular flexibility index (Phi) is 11.0. The average molecular weight is 243 g/mol. The molecule has 17 heavy (non-hydrogen) atoms. The van der Waals surface area contributed by atoms with Gasteiger partial charge in [0.1, 0.15) is 12.3 Å². The lowest BCUT2D eigenvalue weighted by Crippen LogP contribution is -3.05. The summed E-state index contributed by atoms with van der Waals surface area (Å²) in [5, 5.41) is 16.3. The summed E-state index contributed by atoms with van der Waals surface area (Å²) in [6, 6.07) is 0. The number of carboxylic acids is 2. The Balaban J connectivity index is 0. The van der Waals surface area contributed by atoms with E-state index in [1.165, 1.54) is 4.90 Å². The Labute approximate surface area is 100 Å². The topological polar surface area (TPSA) is 98.9 Å². The van der Waals surface area contributed by atoms with E-state index in [9.17, 15) is 4.79 Å². The van der Waals surface area contributed by atoms with Crippen molar-refractivity contribution in [2.45, 2.75) is 19.8 Å². The second-order valence-electron chi connectivity index (χ2n) is 3.53. The molecule has 6 nitrogen and oxygen atoms in total. The molecule has 0 radical (unpaired) electrons.